The number of halogens is 1. The Morgan fingerprint density at radius 3 is 2.85 bits per heavy atom. The van der Waals surface area contributed by atoms with Crippen molar-refractivity contribution in [3.63, 3.8) is 0 Å². The predicted molar refractivity (Wildman–Crippen MR) is 100 cm³/mol. The summed E-state index contributed by atoms with van der Waals surface area (Å²) in [6.07, 6.45) is 2.48. The highest BCUT2D eigenvalue weighted by atomic mass is 35.5. The number of aryl methyl sites for hydroxylation is 1. The molecule has 1 atom stereocenters. The fourth-order valence-electron chi connectivity index (χ4n) is 3.73. The summed E-state index contributed by atoms with van der Waals surface area (Å²) < 4.78 is 7.61. The van der Waals surface area contributed by atoms with Gasteiger partial charge in [0, 0.05) is 43.5 Å². The summed E-state index contributed by atoms with van der Waals surface area (Å²) >= 11 is 6.17. The Kier molecular flexibility index (Phi) is 5.38. The van der Waals surface area contributed by atoms with Gasteiger partial charge in [0.1, 0.15) is 0 Å². The summed E-state index contributed by atoms with van der Waals surface area (Å²) in [5, 5.41) is 13.0. The fourth-order valence-corrected chi connectivity index (χ4v) is 3.90. The fraction of sp³-hybridized carbons (Fsp3) is 0.611. The van der Waals surface area contributed by atoms with E-state index in [1.807, 2.05) is 10.7 Å². The Morgan fingerprint density at radius 2 is 2.08 bits per heavy atom. The van der Waals surface area contributed by atoms with Gasteiger partial charge in [0.15, 0.2) is 5.82 Å². The zero-order chi connectivity index (χ0) is 17.9. The van der Waals surface area contributed by atoms with E-state index in [-0.39, 0.29) is 6.10 Å². The van der Waals surface area contributed by atoms with Crippen LogP contribution in [0.5, 0.6) is 0 Å². The van der Waals surface area contributed by atoms with Crippen molar-refractivity contribution >= 4 is 17.3 Å². The first kappa shape index (κ1) is 17.7. The number of ether oxygens (including phenoxy) is 1. The van der Waals surface area contributed by atoms with Crippen LogP contribution in [0.15, 0.2) is 18.2 Å². The summed E-state index contributed by atoms with van der Waals surface area (Å²) in [5.41, 5.74) is 2.50. The number of anilines is 1. The van der Waals surface area contributed by atoms with E-state index in [1.165, 1.54) is 11.3 Å². The number of tetrazole rings is 1. The second-order valence-electron chi connectivity index (χ2n) is 7.11. The molecule has 0 radical (unpaired) electrons. The normalized spacial score (nSPS) is 21.5. The molecule has 1 aromatic heterocycles. The maximum Gasteiger partial charge on any atom is 0.165 e. The molecule has 2 aliphatic rings. The average Bonchev–Trinajstić information content (AvgIpc) is 3.31. The minimum absolute atomic E-state index is 0.250. The molecule has 0 spiro atoms. The van der Waals surface area contributed by atoms with Gasteiger partial charge < -0.3 is 9.64 Å². The highest BCUT2D eigenvalue weighted by Crippen LogP contribution is 2.25. The SMILES string of the molecule is Cc1ccc(Cl)cc1N1CCN(Cc2nnnn2CC2CCCO2)CC1. The molecule has 0 N–H and O–H groups in total. The van der Waals surface area contributed by atoms with Gasteiger partial charge in [-0.15, -0.1) is 5.10 Å². The molecule has 2 aliphatic heterocycles. The lowest BCUT2D eigenvalue weighted by molar-refractivity contribution is 0.0916. The van der Waals surface area contributed by atoms with Crippen LogP contribution >= 0.6 is 11.6 Å². The number of benzene rings is 1. The van der Waals surface area contributed by atoms with Gasteiger partial charge in [-0.3, -0.25) is 4.90 Å². The van der Waals surface area contributed by atoms with Crippen LogP contribution in [0, 0.1) is 6.92 Å². The third-order valence-corrected chi connectivity index (χ3v) is 5.49. The number of piperazine rings is 1. The van der Waals surface area contributed by atoms with Crippen molar-refractivity contribution in [2.45, 2.75) is 39.0 Å². The van der Waals surface area contributed by atoms with Gasteiger partial charge in [-0.2, -0.15) is 0 Å². The van der Waals surface area contributed by atoms with E-state index >= 15 is 0 Å². The first-order valence-electron chi connectivity index (χ1n) is 9.29. The van der Waals surface area contributed by atoms with Crippen molar-refractivity contribution < 1.29 is 4.74 Å². The molecule has 0 saturated carbocycles. The van der Waals surface area contributed by atoms with E-state index in [2.05, 4.69) is 44.4 Å². The minimum atomic E-state index is 0.250. The van der Waals surface area contributed by atoms with Gasteiger partial charge in [0.25, 0.3) is 0 Å². The molecule has 26 heavy (non-hydrogen) atoms. The Balaban J connectivity index is 1.34. The van der Waals surface area contributed by atoms with Crippen molar-refractivity contribution in [2.24, 2.45) is 0 Å². The molecule has 2 fully saturated rings. The highest BCUT2D eigenvalue weighted by Gasteiger charge is 2.22. The Hall–Kier alpha value is -1.70. The highest BCUT2D eigenvalue weighted by molar-refractivity contribution is 6.30. The second kappa shape index (κ2) is 7.90. The van der Waals surface area contributed by atoms with Gasteiger partial charge in [0.05, 0.1) is 19.2 Å². The number of nitrogens with zero attached hydrogens (tertiary/aromatic N) is 6. The first-order valence-corrected chi connectivity index (χ1v) is 9.67. The molecule has 140 valence electrons. The largest absolute Gasteiger partial charge is 0.376 e. The smallest absolute Gasteiger partial charge is 0.165 e. The average molecular weight is 377 g/mol. The third kappa shape index (κ3) is 4.00. The quantitative estimate of drug-likeness (QED) is 0.796. The predicted octanol–water partition coefficient (Wildman–Crippen LogP) is 2.14. The third-order valence-electron chi connectivity index (χ3n) is 5.26. The number of hydrogen-bond acceptors (Lipinski definition) is 6. The lowest BCUT2D eigenvalue weighted by Crippen LogP contribution is -2.46. The van der Waals surface area contributed by atoms with Crippen molar-refractivity contribution in [2.75, 3.05) is 37.7 Å². The van der Waals surface area contributed by atoms with Crippen LogP contribution in [0.3, 0.4) is 0 Å². The van der Waals surface area contributed by atoms with E-state index in [9.17, 15) is 0 Å². The maximum absolute atomic E-state index is 6.17. The Labute approximate surface area is 158 Å². The lowest BCUT2D eigenvalue weighted by atomic mass is 10.1. The van der Waals surface area contributed by atoms with Crippen LogP contribution in [0.25, 0.3) is 0 Å². The summed E-state index contributed by atoms with van der Waals surface area (Å²) in [7, 11) is 0. The molecule has 1 unspecified atom stereocenters. The van der Waals surface area contributed by atoms with Crippen LogP contribution in [0.1, 0.15) is 24.2 Å². The molecule has 4 rings (SSSR count). The maximum atomic E-state index is 6.17. The Morgan fingerprint density at radius 1 is 1.23 bits per heavy atom. The van der Waals surface area contributed by atoms with Gasteiger partial charge in [0.2, 0.25) is 0 Å². The van der Waals surface area contributed by atoms with Crippen LogP contribution < -0.4 is 4.90 Å². The van der Waals surface area contributed by atoms with Gasteiger partial charge in [-0.25, -0.2) is 4.68 Å². The van der Waals surface area contributed by atoms with Crippen LogP contribution in [-0.4, -0.2) is 64.0 Å². The first-order chi connectivity index (χ1) is 12.7. The van der Waals surface area contributed by atoms with Gasteiger partial charge >= 0.3 is 0 Å². The number of rotatable bonds is 5. The molecule has 8 heteroatoms. The van der Waals surface area contributed by atoms with E-state index in [1.54, 1.807) is 0 Å². The molecule has 7 nitrogen and oxygen atoms in total. The molecule has 2 saturated heterocycles. The van der Waals surface area contributed by atoms with Gasteiger partial charge in [-0.05, 0) is 47.9 Å². The molecule has 0 amide bonds. The molecule has 0 aliphatic carbocycles. The van der Waals surface area contributed by atoms with Crippen LogP contribution in [-0.2, 0) is 17.8 Å². The number of aromatic nitrogens is 4. The molecule has 2 aromatic rings. The summed E-state index contributed by atoms with van der Waals surface area (Å²) in [6, 6.07) is 6.10. The second-order valence-corrected chi connectivity index (χ2v) is 7.54. The van der Waals surface area contributed by atoms with Crippen LogP contribution in [0.4, 0.5) is 5.69 Å². The minimum Gasteiger partial charge on any atom is -0.376 e. The molecule has 3 heterocycles. The van der Waals surface area contributed by atoms with Gasteiger partial charge in [-0.1, -0.05) is 17.7 Å². The van der Waals surface area contributed by atoms with Crippen molar-refractivity contribution in [3.05, 3.63) is 34.6 Å². The zero-order valence-corrected chi connectivity index (χ0v) is 15.9. The summed E-state index contributed by atoms with van der Waals surface area (Å²) in [4.78, 5) is 4.82. The van der Waals surface area contributed by atoms with Crippen LogP contribution in [0.2, 0.25) is 5.02 Å². The molecular formula is C18H25ClN6O. The summed E-state index contributed by atoms with van der Waals surface area (Å²) in [6.45, 7) is 8.46. The Bertz CT molecular complexity index is 737. The van der Waals surface area contributed by atoms with E-state index in [0.29, 0.717) is 0 Å². The van der Waals surface area contributed by atoms with Crippen molar-refractivity contribution in [3.8, 4) is 0 Å². The van der Waals surface area contributed by atoms with E-state index in [0.717, 1.165) is 69.6 Å². The zero-order valence-electron chi connectivity index (χ0n) is 15.1. The monoisotopic (exact) mass is 376 g/mol. The molecule has 0 bridgehead atoms. The molecular weight excluding hydrogens is 352 g/mol. The standard InChI is InChI=1S/C18H25ClN6O/c1-14-4-5-15(19)11-17(14)24-8-6-23(7-9-24)13-18-20-21-22-25(18)12-16-3-2-10-26-16/h4-5,11,16H,2-3,6-10,12-13H2,1H3. The van der Waals surface area contributed by atoms with E-state index < -0.39 is 0 Å². The van der Waals surface area contributed by atoms with E-state index in [4.69, 9.17) is 16.3 Å². The van der Waals surface area contributed by atoms with Crippen molar-refractivity contribution in [1.29, 1.82) is 0 Å². The molecule has 1 aromatic carbocycles. The number of hydrogen-bond donors (Lipinski definition) is 0. The van der Waals surface area contributed by atoms with Crippen molar-refractivity contribution in [1.82, 2.24) is 25.1 Å². The topological polar surface area (TPSA) is 59.3 Å². The lowest BCUT2D eigenvalue weighted by Gasteiger charge is -2.36. The summed E-state index contributed by atoms with van der Waals surface area (Å²) in [5.74, 6) is 0.924.